The zero-order valence-electron chi connectivity index (χ0n) is 10.2. The number of hydrogen-bond donors (Lipinski definition) is 1. The van der Waals surface area contributed by atoms with Crippen molar-refractivity contribution < 1.29 is 22.7 Å². The Hall–Kier alpha value is -1.43. The fraction of sp³-hybridized carbons (Fsp3) is 0.417. The molecule has 6 heteroatoms. The summed E-state index contributed by atoms with van der Waals surface area (Å²) in [5.41, 5.74) is 1.03. The molecule has 0 fully saturated rings. The Kier molecular flexibility index (Phi) is 4.45. The molecule has 0 saturated carbocycles. The fourth-order valence-electron chi connectivity index (χ4n) is 1.63. The maximum absolute atomic E-state index is 12.1. The van der Waals surface area contributed by atoms with E-state index < -0.39 is 22.5 Å². The van der Waals surface area contributed by atoms with Crippen molar-refractivity contribution in [2.45, 2.75) is 25.2 Å². The van der Waals surface area contributed by atoms with E-state index in [1.165, 1.54) is 6.07 Å². The van der Waals surface area contributed by atoms with Gasteiger partial charge in [0.2, 0.25) is 0 Å². The maximum Gasteiger partial charge on any atom is 0.335 e. The second-order valence-corrected chi connectivity index (χ2v) is 6.16. The number of alkyl halides is 1. The highest BCUT2D eigenvalue weighted by Gasteiger charge is 2.20. The molecule has 0 spiro atoms. The lowest BCUT2D eigenvalue weighted by molar-refractivity contribution is 0.0696. The summed E-state index contributed by atoms with van der Waals surface area (Å²) >= 11 is 0. The van der Waals surface area contributed by atoms with Crippen LogP contribution in [0.3, 0.4) is 0 Å². The summed E-state index contributed by atoms with van der Waals surface area (Å²) in [6.45, 7) is 2.55. The van der Waals surface area contributed by atoms with Crippen molar-refractivity contribution in [3.63, 3.8) is 0 Å². The van der Waals surface area contributed by atoms with Gasteiger partial charge in [-0.05, 0) is 43.5 Å². The fourth-order valence-corrected chi connectivity index (χ4v) is 3.27. The van der Waals surface area contributed by atoms with Gasteiger partial charge in [-0.15, -0.1) is 0 Å². The molecule has 0 bridgehead atoms. The molecule has 0 amide bonds. The van der Waals surface area contributed by atoms with E-state index in [0.717, 1.165) is 6.07 Å². The first-order chi connectivity index (χ1) is 8.29. The monoisotopic (exact) mass is 274 g/mol. The van der Waals surface area contributed by atoms with Crippen molar-refractivity contribution in [1.82, 2.24) is 0 Å². The lowest BCUT2D eigenvalue weighted by Crippen LogP contribution is -2.11. The summed E-state index contributed by atoms with van der Waals surface area (Å²) in [5.74, 6) is -1.49. The highest BCUT2D eigenvalue weighted by atomic mass is 32.2. The van der Waals surface area contributed by atoms with E-state index in [1.54, 1.807) is 13.8 Å². The molecule has 0 radical (unpaired) electrons. The second-order valence-electron chi connectivity index (χ2n) is 4.08. The van der Waals surface area contributed by atoms with Crippen LogP contribution in [0.25, 0.3) is 0 Å². The SMILES string of the molecule is Cc1cc(C(=O)O)cc(S(=O)(=O)CCCF)c1C. The first-order valence-electron chi connectivity index (χ1n) is 5.43. The normalized spacial score (nSPS) is 11.5. The summed E-state index contributed by atoms with van der Waals surface area (Å²) in [6, 6.07) is 2.56. The van der Waals surface area contributed by atoms with E-state index in [0.29, 0.717) is 11.1 Å². The van der Waals surface area contributed by atoms with Gasteiger partial charge in [-0.2, -0.15) is 0 Å². The number of halogens is 1. The van der Waals surface area contributed by atoms with Crippen molar-refractivity contribution in [3.8, 4) is 0 Å². The molecule has 0 aromatic heterocycles. The largest absolute Gasteiger partial charge is 0.478 e. The molecular weight excluding hydrogens is 259 g/mol. The van der Waals surface area contributed by atoms with Gasteiger partial charge < -0.3 is 5.11 Å². The minimum absolute atomic E-state index is 0.0200. The highest BCUT2D eigenvalue weighted by Crippen LogP contribution is 2.22. The van der Waals surface area contributed by atoms with Crippen LogP contribution in [0.5, 0.6) is 0 Å². The molecule has 0 saturated heterocycles. The highest BCUT2D eigenvalue weighted by molar-refractivity contribution is 7.91. The summed E-state index contributed by atoms with van der Waals surface area (Å²) in [5, 5.41) is 8.91. The number of aryl methyl sites for hydroxylation is 1. The zero-order chi connectivity index (χ0) is 13.9. The Bertz CT molecular complexity index is 564. The van der Waals surface area contributed by atoms with Crippen LogP contribution in [0, 0.1) is 13.8 Å². The number of hydrogen-bond acceptors (Lipinski definition) is 3. The molecule has 1 rings (SSSR count). The summed E-state index contributed by atoms with van der Waals surface area (Å²) in [4.78, 5) is 10.9. The third kappa shape index (κ3) is 3.07. The number of carbonyl (C=O) groups is 1. The third-order valence-corrected chi connectivity index (χ3v) is 4.67. The van der Waals surface area contributed by atoms with Crippen molar-refractivity contribution >= 4 is 15.8 Å². The molecule has 0 atom stereocenters. The van der Waals surface area contributed by atoms with Crippen LogP contribution in [0.2, 0.25) is 0 Å². The molecular formula is C12H15FO4S. The Morgan fingerprint density at radius 2 is 1.94 bits per heavy atom. The Balaban J connectivity index is 3.35. The molecule has 0 aliphatic heterocycles. The predicted molar refractivity (Wildman–Crippen MR) is 65.5 cm³/mol. The number of carboxylic acids is 1. The van der Waals surface area contributed by atoms with E-state index in [4.69, 9.17) is 5.11 Å². The topological polar surface area (TPSA) is 71.4 Å². The van der Waals surface area contributed by atoms with Crippen LogP contribution in [0.1, 0.15) is 27.9 Å². The number of benzene rings is 1. The van der Waals surface area contributed by atoms with Gasteiger partial charge in [-0.1, -0.05) is 0 Å². The molecule has 4 nitrogen and oxygen atoms in total. The molecule has 0 aliphatic carbocycles. The first kappa shape index (κ1) is 14.6. The zero-order valence-corrected chi connectivity index (χ0v) is 11.1. The number of sulfone groups is 1. The van der Waals surface area contributed by atoms with Crippen LogP contribution in [0.4, 0.5) is 4.39 Å². The number of aromatic carboxylic acids is 1. The minimum atomic E-state index is -3.63. The van der Waals surface area contributed by atoms with Crippen LogP contribution >= 0.6 is 0 Å². The average Bonchev–Trinajstić information content (AvgIpc) is 2.29. The maximum atomic E-state index is 12.1. The quantitative estimate of drug-likeness (QED) is 0.893. The van der Waals surface area contributed by atoms with E-state index in [2.05, 4.69) is 0 Å². The van der Waals surface area contributed by atoms with Gasteiger partial charge in [0.05, 0.1) is 22.9 Å². The van der Waals surface area contributed by atoms with Crippen LogP contribution in [-0.2, 0) is 9.84 Å². The van der Waals surface area contributed by atoms with Crippen molar-refractivity contribution in [2.75, 3.05) is 12.4 Å². The second kappa shape index (κ2) is 5.48. The predicted octanol–water partition coefficient (Wildman–Crippen LogP) is 2.13. The Morgan fingerprint density at radius 3 is 2.44 bits per heavy atom. The van der Waals surface area contributed by atoms with E-state index in [1.807, 2.05) is 0 Å². The summed E-state index contributed by atoms with van der Waals surface area (Å²) < 4.78 is 36.0. The lowest BCUT2D eigenvalue weighted by atomic mass is 10.1. The molecule has 1 aromatic carbocycles. The molecule has 1 aromatic rings. The van der Waals surface area contributed by atoms with Gasteiger partial charge in [0, 0.05) is 0 Å². The first-order valence-corrected chi connectivity index (χ1v) is 7.08. The molecule has 0 aliphatic rings. The summed E-state index contributed by atoms with van der Waals surface area (Å²) in [6.07, 6.45) is -0.0852. The van der Waals surface area contributed by atoms with Crippen LogP contribution < -0.4 is 0 Å². The van der Waals surface area contributed by atoms with Gasteiger partial charge >= 0.3 is 5.97 Å². The van der Waals surface area contributed by atoms with Crippen LogP contribution in [-0.4, -0.2) is 31.9 Å². The molecule has 18 heavy (non-hydrogen) atoms. The van der Waals surface area contributed by atoms with Gasteiger partial charge in [0.1, 0.15) is 0 Å². The van der Waals surface area contributed by atoms with Gasteiger partial charge in [0.15, 0.2) is 9.84 Å². The average molecular weight is 274 g/mol. The van der Waals surface area contributed by atoms with Crippen molar-refractivity contribution in [2.24, 2.45) is 0 Å². The lowest BCUT2D eigenvalue weighted by Gasteiger charge is -2.11. The summed E-state index contributed by atoms with van der Waals surface area (Å²) in [7, 11) is -3.63. The van der Waals surface area contributed by atoms with Gasteiger partial charge in [0.25, 0.3) is 0 Å². The standard InChI is InChI=1S/C12H15FO4S/c1-8-6-10(12(14)15)7-11(9(8)2)18(16,17)5-3-4-13/h6-7H,3-5H2,1-2H3,(H,14,15). The minimum Gasteiger partial charge on any atom is -0.478 e. The Labute approximate surface area is 105 Å². The molecule has 0 heterocycles. The Morgan fingerprint density at radius 1 is 1.33 bits per heavy atom. The van der Waals surface area contributed by atoms with Crippen LogP contribution in [0.15, 0.2) is 17.0 Å². The van der Waals surface area contributed by atoms with Crippen molar-refractivity contribution in [3.05, 3.63) is 28.8 Å². The molecule has 1 N–H and O–H groups in total. The van der Waals surface area contributed by atoms with Crippen molar-refractivity contribution in [1.29, 1.82) is 0 Å². The number of carboxylic acid groups (broad SMARTS) is 1. The van der Waals surface area contributed by atoms with Gasteiger partial charge in [-0.25, -0.2) is 13.2 Å². The van der Waals surface area contributed by atoms with E-state index in [-0.39, 0.29) is 22.6 Å². The number of rotatable bonds is 5. The smallest absolute Gasteiger partial charge is 0.335 e. The molecule has 100 valence electrons. The van der Waals surface area contributed by atoms with E-state index in [9.17, 15) is 17.6 Å². The third-order valence-electron chi connectivity index (χ3n) is 2.75. The van der Waals surface area contributed by atoms with E-state index >= 15 is 0 Å². The molecule has 0 unspecified atom stereocenters. The van der Waals surface area contributed by atoms with Gasteiger partial charge in [-0.3, -0.25) is 4.39 Å².